The highest BCUT2D eigenvalue weighted by Crippen LogP contribution is 2.27. The van der Waals surface area contributed by atoms with Crippen molar-refractivity contribution in [2.24, 2.45) is 5.10 Å². The molecule has 0 atom stereocenters. The monoisotopic (exact) mass is 387 g/mol. The lowest BCUT2D eigenvalue weighted by Crippen LogP contribution is -2.20. The smallest absolute Gasteiger partial charge is 0.240 e. The van der Waals surface area contributed by atoms with Crippen LogP contribution < -0.4 is 20.2 Å². The summed E-state index contributed by atoms with van der Waals surface area (Å²) in [5.41, 5.74) is 3.55. The van der Waals surface area contributed by atoms with Gasteiger partial charge in [0.25, 0.3) is 0 Å². The number of halogens is 1. The maximum atomic E-state index is 12.8. The molecule has 0 heterocycles. The molecule has 0 spiro atoms. The average Bonchev–Trinajstić information content (AvgIpc) is 2.69. The van der Waals surface area contributed by atoms with Crippen molar-refractivity contribution in [1.82, 2.24) is 5.43 Å². The van der Waals surface area contributed by atoms with Crippen molar-refractivity contribution in [1.29, 1.82) is 0 Å². The van der Waals surface area contributed by atoms with Gasteiger partial charge in [-0.25, -0.2) is 9.82 Å². The van der Waals surface area contributed by atoms with E-state index in [0.717, 1.165) is 5.56 Å². The number of amides is 2. The number of benzene rings is 2. The molecule has 8 heteroatoms. The molecule has 2 amide bonds. The first kappa shape index (κ1) is 20.9. The summed E-state index contributed by atoms with van der Waals surface area (Å²) in [6, 6.07) is 10.6. The normalized spacial score (nSPS) is 10.5. The van der Waals surface area contributed by atoms with E-state index < -0.39 is 5.91 Å². The molecule has 0 aliphatic heterocycles. The summed E-state index contributed by atoms with van der Waals surface area (Å²) in [5.74, 6) is 0.0544. The number of rotatable bonds is 9. The van der Waals surface area contributed by atoms with Crippen molar-refractivity contribution in [2.75, 3.05) is 19.0 Å². The lowest BCUT2D eigenvalue weighted by molar-refractivity contribution is -0.124. The molecule has 0 saturated heterocycles. The molecule has 7 nitrogen and oxygen atoms in total. The maximum absolute atomic E-state index is 12.8. The molecule has 0 aliphatic carbocycles. The summed E-state index contributed by atoms with van der Waals surface area (Å²) in [6.45, 7) is 2.40. The van der Waals surface area contributed by atoms with Gasteiger partial charge in [0, 0.05) is 18.5 Å². The lowest BCUT2D eigenvalue weighted by atomic mass is 10.2. The standard InChI is InChI=1S/C20H22FN3O4/c1-3-28-17-9-4-14(12-18(17)27-2)13-22-24-20(26)11-10-19(25)23-16-7-5-15(21)6-8-16/h4-9,12-13H,3,10-11H2,1-2H3,(H,23,25)(H,24,26). The topological polar surface area (TPSA) is 89.0 Å². The van der Waals surface area contributed by atoms with Gasteiger partial charge in [0.15, 0.2) is 11.5 Å². The van der Waals surface area contributed by atoms with Crippen LogP contribution in [0.1, 0.15) is 25.3 Å². The van der Waals surface area contributed by atoms with E-state index >= 15 is 0 Å². The van der Waals surface area contributed by atoms with Crippen molar-refractivity contribution in [3.63, 3.8) is 0 Å². The van der Waals surface area contributed by atoms with Crippen molar-refractivity contribution >= 4 is 23.7 Å². The Morgan fingerprint density at radius 2 is 1.79 bits per heavy atom. The third kappa shape index (κ3) is 6.71. The number of hydrogen-bond acceptors (Lipinski definition) is 5. The molecule has 0 aromatic heterocycles. The summed E-state index contributed by atoms with van der Waals surface area (Å²) in [5, 5.41) is 6.45. The Labute approximate surface area is 162 Å². The van der Waals surface area contributed by atoms with E-state index in [9.17, 15) is 14.0 Å². The molecule has 0 unspecified atom stereocenters. The molecule has 148 valence electrons. The minimum absolute atomic E-state index is 0.0182. The predicted molar refractivity (Wildman–Crippen MR) is 104 cm³/mol. The number of hydrogen-bond donors (Lipinski definition) is 2. The van der Waals surface area contributed by atoms with E-state index in [1.807, 2.05) is 6.92 Å². The first-order valence-electron chi connectivity index (χ1n) is 8.70. The van der Waals surface area contributed by atoms with Crippen LogP contribution in [0.5, 0.6) is 11.5 Å². The van der Waals surface area contributed by atoms with Gasteiger partial charge in [-0.2, -0.15) is 5.10 Å². The fraction of sp³-hybridized carbons (Fsp3) is 0.250. The molecule has 0 radical (unpaired) electrons. The van der Waals surface area contributed by atoms with Crippen LogP contribution >= 0.6 is 0 Å². The molecule has 0 fully saturated rings. The van der Waals surface area contributed by atoms with Crippen LogP contribution in [0.4, 0.5) is 10.1 Å². The second kappa shape index (κ2) is 10.7. The number of nitrogens with zero attached hydrogens (tertiary/aromatic N) is 1. The predicted octanol–water partition coefficient (Wildman–Crippen LogP) is 3.10. The Morgan fingerprint density at radius 3 is 2.46 bits per heavy atom. The van der Waals surface area contributed by atoms with Gasteiger partial charge >= 0.3 is 0 Å². The number of carbonyl (C=O) groups is 2. The Balaban J connectivity index is 1.78. The minimum atomic E-state index is -0.400. The molecule has 2 aromatic carbocycles. The summed E-state index contributed by atoms with van der Waals surface area (Å²) in [6.07, 6.45) is 1.42. The molecule has 0 saturated carbocycles. The van der Waals surface area contributed by atoms with Gasteiger partial charge in [-0.3, -0.25) is 9.59 Å². The molecule has 2 aromatic rings. The fourth-order valence-corrected chi connectivity index (χ4v) is 2.26. The van der Waals surface area contributed by atoms with Crippen LogP contribution in [0.25, 0.3) is 0 Å². The van der Waals surface area contributed by atoms with Crippen molar-refractivity contribution in [2.45, 2.75) is 19.8 Å². The van der Waals surface area contributed by atoms with Gasteiger partial charge in [0.2, 0.25) is 11.8 Å². The quantitative estimate of drug-likeness (QED) is 0.511. The van der Waals surface area contributed by atoms with Crippen molar-refractivity contribution in [3.05, 3.63) is 53.8 Å². The van der Waals surface area contributed by atoms with E-state index in [1.165, 1.54) is 37.6 Å². The highest BCUT2D eigenvalue weighted by Gasteiger charge is 2.07. The second-order valence-electron chi connectivity index (χ2n) is 5.69. The maximum Gasteiger partial charge on any atom is 0.240 e. The Kier molecular flexibility index (Phi) is 7.95. The Bertz CT molecular complexity index is 838. The molecule has 2 rings (SSSR count). The van der Waals surface area contributed by atoms with Crippen molar-refractivity contribution < 1.29 is 23.5 Å². The van der Waals surface area contributed by atoms with Gasteiger partial charge in [0.05, 0.1) is 19.9 Å². The number of methoxy groups -OCH3 is 1. The van der Waals surface area contributed by atoms with Crippen LogP contribution in [0.2, 0.25) is 0 Å². The molecule has 28 heavy (non-hydrogen) atoms. The van der Waals surface area contributed by atoms with Crippen LogP contribution in [0, 0.1) is 5.82 Å². The van der Waals surface area contributed by atoms with Gasteiger partial charge < -0.3 is 14.8 Å². The third-order valence-corrected chi connectivity index (χ3v) is 3.60. The summed E-state index contributed by atoms with van der Waals surface area (Å²) in [7, 11) is 1.54. The van der Waals surface area contributed by atoms with Gasteiger partial charge in [-0.15, -0.1) is 0 Å². The summed E-state index contributed by atoms with van der Waals surface area (Å²) < 4.78 is 23.5. The zero-order valence-electron chi connectivity index (χ0n) is 15.7. The summed E-state index contributed by atoms with van der Waals surface area (Å²) in [4.78, 5) is 23.6. The highest BCUT2D eigenvalue weighted by molar-refractivity contribution is 5.93. The fourth-order valence-electron chi connectivity index (χ4n) is 2.26. The van der Waals surface area contributed by atoms with E-state index in [0.29, 0.717) is 23.8 Å². The van der Waals surface area contributed by atoms with Gasteiger partial charge in [-0.1, -0.05) is 0 Å². The number of carbonyl (C=O) groups excluding carboxylic acids is 2. The molecule has 0 aliphatic rings. The number of hydrazone groups is 1. The summed E-state index contributed by atoms with van der Waals surface area (Å²) >= 11 is 0. The van der Waals surface area contributed by atoms with Crippen LogP contribution in [0.3, 0.4) is 0 Å². The average molecular weight is 387 g/mol. The third-order valence-electron chi connectivity index (χ3n) is 3.60. The lowest BCUT2D eigenvalue weighted by Gasteiger charge is -2.09. The zero-order chi connectivity index (χ0) is 20.4. The minimum Gasteiger partial charge on any atom is -0.493 e. The zero-order valence-corrected chi connectivity index (χ0v) is 15.7. The molecular formula is C20H22FN3O4. The van der Waals surface area contributed by atoms with E-state index in [-0.39, 0.29) is 24.6 Å². The van der Waals surface area contributed by atoms with Crippen molar-refractivity contribution in [3.8, 4) is 11.5 Å². The first-order valence-corrected chi connectivity index (χ1v) is 8.70. The largest absolute Gasteiger partial charge is 0.493 e. The number of ether oxygens (including phenoxy) is 2. The van der Waals surface area contributed by atoms with E-state index in [4.69, 9.17) is 9.47 Å². The van der Waals surface area contributed by atoms with Crippen LogP contribution in [0.15, 0.2) is 47.6 Å². The molecule has 2 N–H and O–H groups in total. The Hall–Kier alpha value is -3.42. The SMILES string of the molecule is CCOc1ccc(C=NNC(=O)CCC(=O)Nc2ccc(F)cc2)cc1OC. The Morgan fingerprint density at radius 1 is 1.07 bits per heavy atom. The van der Waals surface area contributed by atoms with Gasteiger partial charge in [-0.05, 0) is 55.0 Å². The van der Waals surface area contributed by atoms with Gasteiger partial charge in [0.1, 0.15) is 5.82 Å². The van der Waals surface area contributed by atoms with Crippen LogP contribution in [-0.4, -0.2) is 31.7 Å². The van der Waals surface area contributed by atoms with Crippen LogP contribution in [-0.2, 0) is 9.59 Å². The number of nitrogens with one attached hydrogen (secondary N) is 2. The second-order valence-corrected chi connectivity index (χ2v) is 5.69. The first-order chi connectivity index (χ1) is 13.5. The van der Waals surface area contributed by atoms with E-state index in [2.05, 4.69) is 15.8 Å². The number of anilines is 1. The molecule has 0 bridgehead atoms. The highest BCUT2D eigenvalue weighted by atomic mass is 19.1. The molecular weight excluding hydrogens is 365 g/mol. The van der Waals surface area contributed by atoms with E-state index in [1.54, 1.807) is 18.2 Å².